The molecule has 0 spiro atoms. The average molecular weight is 623 g/mol. The van der Waals surface area contributed by atoms with Crippen molar-refractivity contribution < 1.29 is 9.53 Å². The van der Waals surface area contributed by atoms with Crippen LogP contribution in [0.4, 0.5) is 0 Å². The summed E-state index contributed by atoms with van der Waals surface area (Å²) in [6, 6.07) is 31.4. The van der Waals surface area contributed by atoms with E-state index in [1.54, 1.807) is 12.1 Å². The second kappa shape index (κ2) is 14.5. The maximum absolute atomic E-state index is 12.7. The normalized spacial score (nSPS) is 14.4. The minimum atomic E-state index is -0.111. The SMILES string of the molecule is CCn1c2ccccc2c2cc(CN3CCC(Oc4ccc(C(=O)NCCCN(C)Cc5ccccc5)cc4Cl)CC3)ccc21. The van der Waals surface area contributed by atoms with Crippen LogP contribution < -0.4 is 10.1 Å². The molecule has 1 aliphatic heterocycles. The molecule has 1 aliphatic rings. The summed E-state index contributed by atoms with van der Waals surface area (Å²) in [7, 11) is 2.10. The van der Waals surface area contributed by atoms with E-state index in [1.165, 1.54) is 32.9 Å². The number of nitrogens with zero attached hydrogens (tertiary/aromatic N) is 3. The molecule has 4 aromatic carbocycles. The molecule has 0 unspecified atom stereocenters. The van der Waals surface area contributed by atoms with Crippen LogP contribution in [-0.2, 0) is 19.6 Å². The van der Waals surface area contributed by atoms with Gasteiger partial charge in [0.05, 0.1) is 5.02 Å². The van der Waals surface area contributed by atoms with Gasteiger partial charge in [-0.05, 0) is 87.3 Å². The number of halogens is 1. The smallest absolute Gasteiger partial charge is 0.251 e. The van der Waals surface area contributed by atoms with E-state index in [0.29, 0.717) is 22.9 Å². The fourth-order valence-electron chi connectivity index (χ4n) is 6.53. The third-order valence-electron chi connectivity index (χ3n) is 8.88. The summed E-state index contributed by atoms with van der Waals surface area (Å²) in [5, 5.41) is 6.16. The topological polar surface area (TPSA) is 49.7 Å². The van der Waals surface area contributed by atoms with Crippen molar-refractivity contribution in [3.63, 3.8) is 0 Å². The Morgan fingerprint density at radius 3 is 2.44 bits per heavy atom. The summed E-state index contributed by atoms with van der Waals surface area (Å²) in [5.41, 5.74) is 5.79. The zero-order chi connectivity index (χ0) is 31.2. The second-order valence-corrected chi connectivity index (χ2v) is 12.6. The van der Waals surface area contributed by atoms with Gasteiger partial charge in [-0.2, -0.15) is 0 Å². The standard InChI is InChI=1S/C38H43ClN4O2/c1-3-43-35-13-8-7-12-32(35)33-24-29(14-16-36(33)43)27-42-22-18-31(19-23-42)45-37-17-15-30(25-34(37)39)38(44)40-20-9-21-41(2)26-28-10-5-4-6-11-28/h4-8,10-17,24-25,31H,3,9,18-23,26-27H2,1-2H3,(H,40,44). The fraction of sp³-hybridized carbons (Fsp3) is 0.342. The molecule has 7 heteroatoms. The van der Waals surface area contributed by atoms with E-state index in [9.17, 15) is 4.79 Å². The summed E-state index contributed by atoms with van der Waals surface area (Å²) in [4.78, 5) is 17.5. The molecular formula is C38H43ClN4O2. The lowest BCUT2D eigenvalue weighted by molar-refractivity contribution is 0.0949. The fourth-order valence-corrected chi connectivity index (χ4v) is 6.75. The van der Waals surface area contributed by atoms with E-state index in [1.807, 2.05) is 12.1 Å². The number of ether oxygens (including phenoxy) is 1. The first-order chi connectivity index (χ1) is 22.0. The van der Waals surface area contributed by atoms with Gasteiger partial charge in [-0.3, -0.25) is 9.69 Å². The number of likely N-dealkylation sites (tertiary alicyclic amines) is 1. The van der Waals surface area contributed by atoms with Crippen LogP contribution in [0.3, 0.4) is 0 Å². The van der Waals surface area contributed by atoms with Crippen molar-refractivity contribution in [3.8, 4) is 5.75 Å². The Balaban J connectivity index is 0.958. The number of carbonyl (C=O) groups excluding carboxylic acids is 1. The van der Waals surface area contributed by atoms with Gasteiger partial charge in [0.2, 0.25) is 0 Å². The predicted molar refractivity (Wildman–Crippen MR) is 185 cm³/mol. The zero-order valence-corrected chi connectivity index (χ0v) is 27.1. The van der Waals surface area contributed by atoms with Crippen molar-refractivity contribution in [1.82, 2.24) is 19.7 Å². The largest absolute Gasteiger partial charge is 0.489 e. The van der Waals surface area contributed by atoms with Crippen LogP contribution >= 0.6 is 11.6 Å². The molecule has 1 N–H and O–H groups in total. The van der Waals surface area contributed by atoms with Crippen LogP contribution in [0.5, 0.6) is 5.75 Å². The number of aryl methyl sites for hydroxylation is 1. The Hall–Kier alpha value is -3.84. The van der Waals surface area contributed by atoms with Crippen molar-refractivity contribution >= 4 is 39.3 Å². The first-order valence-corrected chi connectivity index (χ1v) is 16.6. The van der Waals surface area contributed by atoms with Crippen molar-refractivity contribution in [2.24, 2.45) is 0 Å². The Bertz CT molecular complexity index is 1740. The monoisotopic (exact) mass is 622 g/mol. The molecule has 45 heavy (non-hydrogen) atoms. The number of fused-ring (bicyclic) bond motifs is 3. The van der Waals surface area contributed by atoms with E-state index in [2.05, 4.69) is 100 Å². The van der Waals surface area contributed by atoms with Gasteiger partial charge < -0.3 is 19.5 Å². The minimum absolute atomic E-state index is 0.108. The van der Waals surface area contributed by atoms with Crippen LogP contribution in [-0.4, -0.2) is 59.6 Å². The highest BCUT2D eigenvalue weighted by Crippen LogP contribution is 2.31. The van der Waals surface area contributed by atoms with Gasteiger partial charge in [-0.1, -0.05) is 66.2 Å². The molecule has 6 nitrogen and oxygen atoms in total. The Morgan fingerprint density at radius 2 is 1.67 bits per heavy atom. The number of rotatable bonds is 12. The van der Waals surface area contributed by atoms with Gasteiger partial charge in [0.1, 0.15) is 11.9 Å². The highest BCUT2D eigenvalue weighted by molar-refractivity contribution is 6.32. The van der Waals surface area contributed by atoms with Crippen LogP contribution in [0.25, 0.3) is 21.8 Å². The molecule has 0 radical (unpaired) electrons. The maximum Gasteiger partial charge on any atom is 0.251 e. The van der Waals surface area contributed by atoms with E-state index in [-0.39, 0.29) is 12.0 Å². The number of hydrogen-bond donors (Lipinski definition) is 1. The Labute approximate surface area is 271 Å². The molecule has 0 atom stereocenters. The minimum Gasteiger partial charge on any atom is -0.489 e. The van der Waals surface area contributed by atoms with E-state index in [4.69, 9.17) is 16.3 Å². The number of carbonyl (C=O) groups is 1. The second-order valence-electron chi connectivity index (χ2n) is 12.2. The van der Waals surface area contributed by atoms with Crippen LogP contribution in [0.1, 0.15) is 47.7 Å². The van der Waals surface area contributed by atoms with Gasteiger partial charge in [-0.15, -0.1) is 0 Å². The van der Waals surface area contributed by atoms with E-state index in [0.717, 1.165) is 58.5 Å². The lowest BCUT2D eigenvalue weighted by Gasteiger charge is -2.32. The maximum atomic E-state index is 12.7. The van der Waals surface area contributed by atoms with Crippen LogP contribution in [0, 0.1) is 0 Å². The van der Waals surface area contributed by atoms with Gasteiger partial charge >= 0.3 is 0 Å². The summed E-state index contributed by atoms with van der Waals surface area (Å²) in [6.45, 7) is 8.46. The van der Waals surface area contributed by atoms with E-state index >= 15 is 0 Å². The first-order valence-electron chi connectivity index (χ1n) is 16.2. The number of piperidine rings is 1. The van der Waals surface area contributed by atoms with Crippen molar-refractivity contribution in [2.75, 3.05) is 33.2 Å². The number of aromatic nitrogens is 1. The van der Waals surface area contributed by atoms with Gasteiger partial charge in [0, 0.05) is 66.6 Å². The molecule has 2 heterocycles. The molecule has 5 aromatic rings. The zero-order valence-electron chi connectivity index (χ0n) is 26.3. The quantitative estimate of drug-likeness (QED) is 0.145. The van der Waals surface area contributed by atoms with Gasteiger partial charge in [0.25, 0.3) is 5.91 Å². The summed E-state index contributed by atoms with van der Waals surface area (Å²) < 4.78 is 8.71. The summed E-state index contributed by atoms with van der Waals surface area (Å²) in [6.07, 6.45) is 2.86. The van der Waals surface area contributed by atoms with Crippen molar-refractivity contribution in [2.45, 2.75) is 51.9 Å². The number of hydrogen-bond acceptors (Lipinski definition) is 4. The highest BCUT2D eigenvalue weighted by atomic mass is 35.5. The third kappa shape index (κ3) is 7.52. The molecule has 0 saturated carbocycles. The molecule has 234 valence electrons. The third-order valence-corrected chi connectivity index (χ3v) is 9.17. The Morgan fingerprint density at radius 1 is 0.911 bits per heavy atom. The molecule has 1 fully saturated rings. The summed E-state index contributed by atoms with van der Waals surface area (Å²) >= 11 is 6.59. The Kier molecular flexibility index (Phi) is 10.0. The summed E-state index contributed by atoms with van der Waals surface area (Å²) in [5.74, 6) is 0.534. The van der Waals surface area contributed by atoms with E-state index < -0.39 is 0 Å². The predicted octanol–water partition coefficient (Wildman–Crippen LogP) is 7.76. The molecular weight excluding hydrogens is 580 g/mol. The van der Waals surface area contributed by atoms with Crippen molar-refractivity contribution in [1.29, 1.82) is 0 Å². The number of para-hydroxylation sites is 1. The average Bonchev–Trinajstić information content (AvgIpc) is 3.38. The van der Waals surface area contributed by atoms with Crippen LogP contribution in [0.2, 0.25) is 5.02 Å². The molecule has 1 aromatic heterocycles. The molecule has 0 aliphatic carbocycles. The van der Waals surface area contributed by atoms with Gasteiger partial charge in [0.15, 0.2) is 0 Å². The molecule has 6 rings (SSSR count). The number of nitrogens with one attached hydrogen (secondary N) is 1. The molecule has 1 amide bonds. The number of benzene rings is 4. The molecule has 0 bridgehead atoms. The van der Waals surface area contributed by atoms with Gasteiger partial charge in [-0.25, -0.2) is 0 Å². The highest BCUT2D eigenvalue weighted by Gasteiger charge is 2.22. The molecule has 1 saturated heterocycles. The van der Waals surface area contributed by atoms with Crippen molar-refractivity contribution in [3.05, 3.63) is 113 Å². The lowest BCUT2D eigenvalue weighted by Crippen LogP contribution is -2.37. The van der Waals surface area contributed by atoms with Crippen LogP contribution in [0.15, 0.2) is 91.0 Å². The first kappa shape index (κ1) is 31.2. The number of amides is 1. The lowest BCUT2D eigenvalue weighted by atomic mass is 10.1.